The summed E-state index contributed by atoms with van der Waals surface area (Å²) in [6.07, 6.45) is 4.14. The third-order valence-electron chi connectivity index (χ3n) is 8.09. The predicted octanol–water partition coefficient (Wildman–Crippen LogP) is 9.96. The Labute approximate surface area is 287 Å². The van der Waals surface area contributed by atoms with Crippen molar-refractivity contribution < 1.29 is 21.1 Å². The first-order valence-electron chi connectivity index (χ1n) is 15.0. The molecule has 0 bridgehead atoms. The zero-order chi connectivity index (χ0) is 31.6. The number of fused-ring (bicyclic) bond motifs is 1. The van der Waals surface area contributed by atoms with E-state index in [0.29, 0.717) is 0 Å². The molecule has 0 amide bonds. The maximum atomic E-state index is 6.25. The summed E-state index contributed by atoms with van der Waals surface area (Å²) in [7, 11) is 2.04. The van der Waals surface area contributed by atoms with Gasteiger partial charge in [-0.1, -0.05) is 112 Å². The minimum atomic E-state index is -0.0345. The molecular weight excluding hydrogens is 746 g/mol. The largest absolute Gasteiger partial charge is 4.00 e. The van der Waals surface area contributed by atoms with Gasteiger partial charge in [-0.3, -0.25) is 0 Å². The zero-order valence-corrected chi connectivity index (χ0v) is 28.6. The standard InChI is InChI=1S/C39H35N4.CN.Pt/c1-39(2,3)31-24-32(41-23-22-40(4)27-41)26-33(25-31)42-28-43(37-21-12-11-20-36(37)42)38-34(29-14-7-5-8-15-29)18-13-19-35(38)30-16-9-6-10-17-30;1-2;/h5-25,27-28H,1-4H3;;/q-3;-1;+4. The van der Waals surface area contributed by atoms with Crippen LogP contribution in [-0.2, 0) is 26.5 Å². The molecule has 0 fully saturated rings. The Kier molecular flexibility index (Phi) is 9.70. The molecule has 6 heteroatoms. The number of anilines is 5. The van der Waals surface area contributed by atoms with Crippen LogP contribution in [0.2, 0.25) is 0 Å². The van der Waals surface area contributed by atoms with Gasteiger partial charge in [0.05, 0.1) is 0 Å². The van der Waals surface area contributed by atoms with Crippen LogP contribution in [0.3, 0.4) is 0 Å². The molecule has 0 unspecified atom stereocenters. The van der Waals surface area contributed by atoms with Gasteiger partial charge in [-0.2, -0.15) is 6.67 Å². The molecule has 0 aliphatic carbocycles. The number of hydrogen-bond donors (Lipinski definition) is 0. The minimum Gasteiger partial charge on any atom is -0.512 e. The topological polar surface area (TPSA) is 36.8 Å². The van der Waals surface area contributed by atoms with Crippen LogP contribution in [0, 0.1) is 31.2 Å². The Balaban J connectivity index is 0.00000136. The van der Waals surface area contributed by atoms with Crippen molar-refractivity contribution in [3.05, 3.63) is 159 Å². The monoisotopic (exact) mass is 780 g/mol. The van der Waals surface area contributed by atoms with E-state index in [1.807, 2.05) is 7.05 Å². The Morgan fingerprint density at radius 3 is 1.67 bits per heavy atom. The van der Waals surface area contributed by atoms with Crippen molar-refractivity contribution in [3.63, 3.8) is 0 Å². The van der Waals surface area contributed by atoms with E-state index >= 15 is 0 Å². The molecule has 0 N–H and O–H groups in total. The summed E-state index contributed by atoms with van der Waals surface area (Å²) < 4.78 is 0. The van der Waals surface area contributed by atoms with Crippen molar-refractivity contribution in [2.24, 2.45) is 0 Å². The van der Waals surface area contributed by atoms with Gasteiger partial charge in [0, 0.05) is 28.2 Å². The average Bonchev–Trinajstić information content (AvgIpc) is 3.69. The van der Waals surface area contributed by atoms with E-state index in [9.17, 15) is 0 Å². The summed E-state index contributed by atoms with van der Waals surface area (Å²) in [5, 5.41) is 6.25. The summed E-state index contributed by atoms with van der Waals surface area (Å²) in [4.78, 5) is 8.83. The quantitative estimate of drug-likeness (QED) is 0.166. The van der Waals surface area contributed by atoms with Gasteiger partial charge in [-0.25, -0.2) is 0 Å². The van der Waals surface area contributed by atoms with Crippen LogP contribution < -0.4 is 14.7 Å². The maximum absolute atomic E-state index is 6.25. The third-order valence-corrected chi connectivity index (χ3v) is 8.09. The van der Waals surface area contributed by atoms with Gasteiger partial charge in [0.25, 0.3) is 0 Å². The van der Waals surface area contributed by atoms with Gasteiger partial charge >= 0.3 is 21.1 Å². The smallest absolute Gasteiger partial charge is 0.512 e. The molecule has 0 atom stereocenters. The predicted molar refractivity (Wildman–Crippen MR) is 185 cm³/mol. The second-order valence-corrected chi connectivity index (χ2v) is 12.2. The molecule has 2 aliphatic heterocycles. The molecule has 5 aromatic carbocycles. The summed E-state index contributed by atoms with van der Waals surface area (Å²) in [5.74, 6) is 0. The fourth-order valence-electron chi connectivity index (χ4n) is 5.82. The SMILES string of the molecule is CN1C=CN(c2[c-]c(N3[CH-]N(c4c(-c5ccccc5)cccc4-c4ccccc4)c4ccccc43)cc(C(C)(C)C)c2)[CH-]1.[C-]#N.[Pt+4]. The number of para-hydroxylation sites is 3. The maximum Gasteiger partial charge on any atom is 4.00 e. The molecule has 230 valence electrons. The fraction of sp³-hybridized carbons (Fsp3) is 0.125. The van der Waals surface area contributed by atoms with Gasteiger partial charge in [0.1, 0.15) is 0 Å². The van der Waals surface area contributed by atoms with Crippen molar-refractivity contribution in [2.45, 2.75) is 26.2 Å². The summed E-state index contributed by atoms with van der Waals surface area (Å²) in [5.41, 5.74) is 11.4. The average molecular weight is 781 g/mol. The number of hydrogen-bond acceptors (Lipinski definition) is 5. The van der Waals surface area contributed by atoms with E-state index in [1.54, 1.807) is 0 Å². The van der Waals surface area contributed by atoms with Crippen molar-refractivity contribution in [1.82, 2.24) is 4.90 Å². The van der Waals surface area contributed by atoms with Crippen molar-refractivity contribution in [1.29, 1.82) is 5.26 Å². The Bertz CT molecular complexity index is 1790. The van der Waals surface area contributed by atoms with E-state index < -0.39 is 0 Å². The molecule has 46 heavy (non-hydrogen) atoms. The molecule has 2 aliphatic rings. The molecular formula is C40H35N5Pt. The van der Waals surface area contributed by atoms with E-state index in [-0.39, 0.29) is 26.5 Å². The van der Waals surface area contributed by atoms with E-state index in [0.717, 1.165) is 28.4 Å². The van der Waals surface area contributed by atoms with Crippen LogP contribution in [0.25, 0.3) is 22.3 Å². The first-order valence-corrected chi connectivity index (χ1v) is 15.0. The summed E-state index contributed by atoms with van der Waals surface area (Å²) in [6, 6.07) is 44.9. The van der Waals surface area contributed by atoms with Gasteiger partial charge in [-0.15, -0.1) is 41.8 Å². The molecule has 0 saturated heterocycles. The molecule has 0 spiro atoms. The number of rotatable bonds is 5. The third kappa shape index (κ3) is 6.32. The van der Waals surface area contributed by atoms with Crippen molar-refractivity contribution >= 4 is 28.4 Å². The van der Waals surface area contributed by atoms with Gasteiger partial charge in [0.15, 0.2) is 0 Å². The second-order valence-electron chi connectivity index (χ2n) is 12.2. The summed E-state index contributed by atoms with van der Waals surface area (Å²) >= 11 is 0. The Hall–Kier alpha value is -4.78. The van der Waals surface area contributed by atoms with Crippen LogP contribution in [0.15, 0.2) is 128 Å². The molecule has 5 aromatic rings. The molecule has 0 radical (unpaired) electrons. The molecule has 0 aromatic heterocycles. The normalized spacial score (nSPS) is 13.6. The first-order chi connectivity index (χ1) is 21.9. The van der Waals surface area contributed by atoms with Gasteiger partial charge in [-0.05, 0) is 48.1 Å². The van der Waals surface area contributed by atoms with Crippen LogP contribution in [0.1, 0.15) is 26.3 Å². The van der Waals surface area contributed by atoms with Crippen molar-refractivity contribution in [2.75, 3.05) is 21.7 Å². The van der Waals surface area contributed by atoms with Gasteiger partial charge < -0.3 is 31.4 Å². The van der Waals surface area contributed by atoms with Crippen molar-refractivity contribution in [3.8, 4) is 22.3 Å². The van der Waals surface area contributed by atoms with Crippen LogP contribution in [-0.4, -0.2) is 11.9 Å². The van der Waals surface area contributed by atoms with E-state index in [2.05, 4.69) is 187 Å². The van der Waals surface area contributed by atoms with Crippen LogP contribution in [0.5, 0.6) is 0 Å². The summed E-state index contributed by atoms with van der Waals surface area (Å²) in [6.45, 7) is 15.9. The molecule has 0 saturated carbocycles. The number of benzene rings is 5. The number of nitrogens with zero attached hydrogens (tertiary/aromatic N) is 5. The zero-order valence-electron chi connectivity index (χ0n) is 26.3. The molecule has 7 rings (SSSR count). The van der Waals surface area contributed by atoms with E-state index in [4.69, 9.17) is 11.8 Å². The minimum absolute atomic E-state index is 0. The van der Waals surface area contributed by atoms with Crippen LogP contribution >= 0.6 is 0 Å². The van der Waals surface area contributed by atoms with E-state index in [1.165, 1.54) is 27.8 Å². The molecule has 5 nitrogen and oxygen atoms in total. The van der Waals surface area contributed by atoms with Gasteiger partial charge in [0.2, 0.25) is 0 Å². The molecule has 2 heterocycles. The second kappa shape index (κ2) is 13.7. The first kappa shape index (κ1) is 32.6. The Morgan fingerprint density at radius 2 is 1.15 bits per heavy atom. The Morgan fingerprint density at radius 1 is 0.630 bits per heavy atom. The fourth-order valence-corrected chi connectivity index (χ4v) is 5.82. The van der Waals surface area contributed by atoms with Crippen LogP contribution in [0.4, 0.5) is 28.4 Å².